The van der Waals surface area contributed by atoms with Gasteiger partial charge in [-0.05, 0) is 33.0 Å². The monoisotopic (exact) mass is 200 g/mol. The van der Waals surface area contributed by atoms with Gasteiger partial charge in [0, 0.05) is 6.42 Å². The molecule has 0 unspecified atom stereocenters. The average Bonchev–Trinajstić information content (AvgIpc) is 2.17. The molecule has 0 aliphatic carbocycles. The van der Waals surface area contributed by atoms with Crippen LogP contribution in [0.1, 0.15) is 39.0 Å². The van der Waals surface area contributed by atoms with Crippen LogP contribution in [0.15, 0.2) is 0 Å². The summed E-state index contributed by atoms with van der Waals surface area (Å²) in [5.74, 6) is 0.328. The minimum Gasteiger partial charge on any atom is -0.330 e. The molecule has 0 bridgehead atoms. The largest absolute Gasteiger partial charge is 0.330 e. The lowest BCUT2D eigenvalue weighted by atomic mass is 10.2. The Morgan fingerprint density at radius 3 is 2.43 bits per heavy atom. The first-order valence-corrected chi connectivity index (χ1v) is 5.61. The standard InChI is InChI=1S/C11H24N2O/c1-3-11(14)10-13(2)9-7-5-4-6-8-12/h3-10,12H2,1-2H3. The van der Waals surface area contributed by atoms with Gasteiger partial charge in [-0.1, -0.05) is 19.8 Å². The third-order valence-electron chi connectivity index (χ3n) is 2.33. The molecule has 0 spiro atoms. The molecular formula is C11H24N2O. The number of carbonyl (C=O) groups excluding carboxylic acids is 1. The summed E-state index contributed by atoms with van der Waals surface area (Å²) in [6, 6.07) is 0. The van der Waals surface area contributed by atoms with Crippen molar-refractivity contribution in [2.45, 2.75) is 39.0 Å². The van der Waals surface area contributed by atoms with Crippen molar-refractivity contribution in [3.63, 3.8) is 0 Å². The molecule has 0 aromatic carbocycles. The van der Waals surface area contributed by atoms with Crippen LogP contribution in [0, 0.1) is 0 Å². The van der Waals surface area contributed by atoms with E-state index in [4.69, 9.17) is 5.73 Å². The Morgan fingerprint density at radius 2 is 1.86 bits per heavy atom. The van der Waals surface area contributed by atoms with Gasteiger partial charge in [-0.2, -0.15) is 0 Å². The van der Waals surface area contributed by atoms with Gasteiger partial charge < -0.3 is 5.73 Å². The maximum Gasteiger partial charge on any atom is 0.146 e. The molecule has 0 aliphatic heterocycles. The highest BCUT2D eigenvalue weighted by molar-refractivity contribution is 5.80. The highest BCUT2D eigenvalue weighted by Crippen LogP contribution is 2.00. The number of Topliss-reactive ketones (excluding diaryl/α,β-unsaturated/α-hetero) is 1. The second kappa shape index (κ2) is 9.16. The third kappa shape index (κ3) is 8.20. The van der Waals surface area contributed by atoms with Crippen molar-refractivity contribution < 1.29 is 4.79 Å². The molecule has 3 heteroatoms. The highest BCUT2D eigenvalue weighted by Gasteiger charge is 2.03. The Bertz CT molecular complexity index is 148. The number of rotatable bonds is 9. The van der Waals surface area contributed by atoms with Gasteiger partial charge in [0.25, 0.3) is 0 Å². The number of unbranched alkanes of at least 4 members (excludes halogenated alkanes) is 3. The van der Waals surface area contributed by atoms with E-state index in [9.17, 15) is 4.79 Å². The summed E-state index contributed by atoms with van der Waals surface area (Å²) in [6.07, 6.45) is 5.39. The molecule has 0 rings (SSSR count). The average molecular weight is 200 g/mol. The summed E-state index contributed by atoms with van der Waals surface area (Å²) < 4.78 is 0. The predicted octanol–water partition coefficient (Wildman–Crippen LogP) is 1.42. The summed E-state index contributed by atoms with van der Waals surface area (Å²) in [5, 5.41) is 0. The van der Waals surface area contributed by atoms with Crippen LogP contribution in [0.3, 0.4) is 0 Å². The van der Waals surface area contributed by atoms with Crippen molar-refractivity contribution in [1.82, 2.24) is 4.90 Å². The summed E-state index contributed by atoms with van der Waals surface area (Å²) in [7, 11) is 2.01. The van der Waals surface area contributed by atoms with Gasteiger partial charge in [0.15, 0.2) is 0 Å². The molecule has 2 N–H and O–H groups in total. The second-order valence-corrected chi connectivity index (χ2v) is 3.83. The Balaban J connectivity index is 3.26. The van der Waals surface area contributed by atoms with E-state index in [1.165, 1.54) is 19.3 Å². The lowest BCUT2D eigenvalue weighted by Gasteiger charge is -2.14. The number of ketones is 1. The van der Waals surface area contributed by atoms with Crippen LogP contribution < -0.4 is 5.73 Å². The van der Waals surface area contributed by atoms with Crippen LogP contribution in [0.25, 0.3) is 0 Å². The normalized spacial score (nSPS) is 10.9. The lowest BCUT2D eigenvalue weighted by molar-refractivity contribution is -0.119. The van der Waals surface area contributed by atoms with Crippen LogP contribution >= 0.6 is 0 Å². The first-order valence-electron chi connectivity index (χ1n) is 5.61. The molecule has 0 fully saturated rings. The van der Waals surface area contributed by atoms with Crippen molar-refractivity contribution in [3.8, 4) is 0 Å². The molecule has 0 aromatic heterocycles. The van der Waals surface area contributed by atoms with Crippen molar-refractivity contribution in [2.75, 3.05) is 26.7 Å². The molecule has 0 radical (unpaired) electrons. The minimum atomic E-state index is 0.328. The van der Waals surface area contributed by atoms with Crippen molar-refractivity contribution in [1.29, 1.82) is 0 Å². The maximum atomic E-state index is 11.1. The Labute approximate surface area is 87.6 Å². The Morgan fingerprint density at radius 1 is 1.21 bits per heavy atom. The van der Waals surface area contributed by atoms with Gasteiger partial charge in [-0.3, -0.25) is 9.69 Å². The first kappa shape index (κ1) is 13.6. The van der Waals surface area contributed by atoms with Gasteiger partial charge in [0.05, 0.1) is 6.54 Å². The number of carbonyl (C=O) groups is 1. The van der Waals surface area contributed by atoms with E-state index in [2.05, 4.69) is 4.90 Å². The van der Waals surface area contributed by atoms with E-state index in [-0.39, 0.29) is 0 Å². The summed E-state index contributed by atoms with van der Waals surface area (Å²) in [4.78, 5) is 13.2. The Kier molecular flexibility index (Phi) is 8.89. The van der Waals surface area contributed by atoms with Gasteiger partial charge in [0.1, 0.15) is 5.78 Å². The van der Waals surface area contributed by atoms with E-state index in [1.807, 2.05) is 14.0 Å². The minimum absolute atomic E-state index is 0.328. The molecule has 0 amide bonds. The zero-order valence-electron chi connectivity index (χ0n) is 9.59. The number of hydrogen-bond donors (Lipinski definition) is 1. The molecule has 0 saturated carbocycles. The van der Waals surface area contributed by atoms with E-state index in [1.54, 1.807) is 0 Å². The van der Waals surface area contributed by atoms with Crippen LogP contribution in [0.2, 0.25) is 0 Å². The van der Waals surface area contributed by atoms with Gasteiger partial charge in [-0.25, -0.2) is 0 Å². The molecule has 14 heavy (non-hydrogen) atoms. The first-order chi connectivity index (χ1) is 6.70. The smallest absolute Gasteiger partial charge is 0.146 e. The summed E-state index contributed by atoms with van der Waals surface area (Å²) >= 11 is 0. The fourth-order valence-corrected chi connectivity index (χ4v) is 1.37. The van der Waals surface area contributed by atoms with Crippen LogP contribution in [-0.2, 0) is 4.79 Å². The lowest BCUT2D eigenvalue weighted by Crippen LogP contribution is -2.26. The van der Waals surface area contributed by atoms with E-state index in [0.717, 1.165) is 19.5 Å². The number of likely N-dealkylation sites (N-methyl/N-ethyl adjacent to an activating group) is 1. The maximum absolute atomic E-state index is 11.1. The Hall–Kier alpha value is -0.410. The second-order valence-electron chi connectivity index (χ2n) is 3.83. The van der Waals surface area contributed by atoms with Crippen molar-refractivity contribution in [2.24, 2.45) is 5.73 Å². The highest BCUT2D eigenvalue weighted by atomic mass is 16.1. The van der Waals surface area contributed by atoms with E-state index < -0.39 is 0 Å². The molecule has 84 valence electrons. The fourth-order valence-electron chi connectivity index (χ4n) is 1.37. The van der Waals surface area contributed by atoms with Crippen molar-refractivity contribution in [3.05, 3.63) is 0 Å². The summed E-state index contributed by atoms with van der Waals surface area (Å²) in [5.41, 5.74) is 5.40. The molecule has 0 aliphatic rings. The zero-order chi connectivity index (χ0) is 10.8. The van der Waals surface area contributed by atoms with Gasteiger partial charge >= 0.3 is 0 Å². The molecule has 0 aromatic rings. The molecular weight excluding hydrogens is 176 g/mol. The SMILES string of the molecule is CCC(=O)CN(C)CCCCCCN. The third-order valence-corrected chi connectivity index (χ3v) is 2.33. The van der Waals surface area contributed by atoms with Crippen LogP contribution in [-0.4, -0.2) is 37.4 Å². The van der Waals surface area contributed by atoms with E-state index in [0.29, 0.717) is 18.7 Å². The number of nitrogens with zero attached hydrogens (tertiary/aromatic N) is 1. The summed E-state index contributed by atoms with van der Waals surface area (Å²) in [6.45, 7) is 4.34. The van der Waals surface area contributed by atoms with Gasteiger partial charge in [0.2, 0.25) is 0 Å². The van der Waals surface area contributed by atoms with Crippen LogP contribution in [0.5, 0.6) is 0 Å². The molecule has 0 saturated heterocycles. The zero-order valence-corrected chi connectivity index (χ0v) is 9.59. The van der Waals surface area contributed by atoms with Gasteiger partial charge in [-0.15, -0.1) is 0 Å². The number of nitrogens with two attached hydrogens (primary N) is 1. The predicted molar refractivity (Wildman–Crippen MR) is 60.3 cm³/mol. The molecule has 0 atom stereocenters. The van der Waals surface area contributed by atoms with Crippen LogP contribution in [0.4, 0.5) is 0 Å². The fraction of sp³-hybridized carbons (Fsp3) is 0.909. The van der Waals surface area contributed by atoms with Crippen molar-refractivity contribution >= 4 is 5.78 Å². The van der Waals surface area contributed by atoms with E-state index >= 15 is 0 Å². The molecule has 3 nitrogen and oxygen atoms in total. The topological polar surface area (TPSA) is 46.3 Å². The molecule has 0 heterocycles. The number of hydrogen-bond acceptors (Lipinski definition) is 3. The quantitative estimate of drug-likeness (QED) is 0.573.